The lowest BCUT2D eigenvalue weighted by atomic mass is 10.1. The van der Waals surface area contributed by atoms with Gasteiger partial charge in [0.2, 0.25) is 5.91 Å². The Kier molecular flexibility index (Phi) is 5.40. The third kappa shape index (κ3) is 4.96. The van der Waals surface area contributed by atoms with Crippen molar-refractivity contribution in [2.75, 3.05) is 13.6 Å². The number of pyridine rings is 2. The van der Waals surface area contributed by atoms with Gasteiger partial charge in [0.25, 0.3) is 0 Å². The van der Waals surface area contributed by atoms with Gasteiger partial charge in [-0.2, -0.15) is 0 Å². The van der Waals surface area contributed by atoms with Gasteiger partial charge in [-0.1, -0.05) is 6.07 Å². The summed E-state index contributed by atoms with van der Waals surface area (Å²) < 4.78 is 0. The molecule has 2 rings (SSSR count). The van der Waals surface area contributed by atoms with Crippen molar-refractivity contribution >= 4 is 5.91 Å². The maximum atomic E-state index is 11.9. The minimum atomic E-state index is 0.0117. The minimum Gasteiger partial charge on any atom is -0.351 e. The lowest BCUT2D eigenvalue weighted by Crippen LogP contribution is -2.34. The predicted molar refractivity (Wildman–Crippen MR) is 81.4 cm³/mol. The highest BCUT2D eigenvalue weighted by Gasteiger charge is 2.07. The van der Waals surface area contributed by atoms with Gasteiger partial charge >= 0.3 is 0 Å². The van der Waals surface area contributed by atoms with Crippen molar-refractivity contribution in [2.45, 2.75) is 20.0 Å². The first kappa shape index (κ1) is 15.1. The molecule has 0 spiro atoms. The highest BCUT2D eigenvalue weighted by molar-refractivity contribution is 5.78. The zero-order valence-corrected chi connectivity index (χ0v) is 12.4. The molecule has 0 aliphatic heterocycles. The number of carbonyl (C=O) groups is 1. The average molecular weight is 284 g/mol. The average Bonchev–Trinajstić information content (AvgIpc) is 2.47. The van der Waals surface area contributed by atoms with Crippen molar-refractivity contribution in [1.29, 1.82) is 0 Å². The van der Waals surface area contributed by atoms with Gasteiger partial charge in [-0.05, 0) is 42.8 Å². The first-order valence-corrected chi connectivity index (χ1v) is 6.89. The molecular weight excluding hydrogens is 264 g/mol. The molecule has 2 heterocycles. The normalized spacial score (nSPS) is 10.6. The maximum absolute atomic E-state index is 11.9. The summed E-state index contributed by atoms with van der Waals surface area (Å²) in [6.45, 7) is 3.59. The Hall–Kier alpha value is -2.27. The number of amides is 1. The molecule has 0 unspecified atom stereocenters. The van der Waals surface area contributed by atoms with E-state index >= 15 is 0 Å². The molecule has 0 fully saturated rings. The molecule has 2 aromatic heterocycles. The molecule has 1 N–H and O–H groups in total. The molecule has 0 bridgehead atoms. The second-order valence-corrected chi connectivity index (χ2v) is 5.11. The Labute approximate surface area is 125 Å². The van der Waals surface area contributed by atoms with E-state index in [2.05, 4.69) is 15.3 Å². The van der Waals surface area contributed by atoms with Crippen molar-refractivity contribution in [1.82, 2.24) is 20.2 Å². The lowest BCUT2D eigenvalue weighted by Gasteiger charge is -2.16. The zero-order chi connectivity index (χ0) is 15.1. The summed E-state index contributed by atoms with van der Waals surface area (Å²) in [6, 6.07) is 5.83. The topological polar surface area (TPSA) is 58.1 Å². The molecule has 0 saturated carbocycles. The summed E-state index contributed by atoms with van der Waals surface area (Å²) in [5.41, 5.74) is 3.27. The van der Waals surface area contributed by atoms with Crippen molar-refractivity contribution in [2.24, 2.45) is 0 Å². The predicted octanol–water partition coefficient (Wildman–Crippen LogP) is 1.53. The van der Waals surface area contributed by atoms with Crippen molar-refractivity contribution in [3.05, 3.63) is 59.7 Å². The number of aromatic nitrogens is 2. The Morgan fingerprint density at radius 1 is 1.24 bits per heavy atom. The molecule has 5 nitrogen and oxygen atoms in total. The summed E-state index contributed by atoms with van der Waals surface area (Å²) in [5.74, 6) is 0.0117. The van der Waals surface area contributed by atoms with E-state index in [1.54, 1.807) is 18.6 Å². The van der Waals surface area contributed by atoms with Crippen LogP contribution >= 0.6 is 0 Å². The Morgan fingerprint density at radius 2 is 2.05 bits per heavy atom. The molecule has 0 radical (unpaired) electrons. The van der Waals surface area contributed by atoms with Crippen molar-refractivity contribution < 1.29 is 4.79 Å². The van der Waals surface area contributed by atoms with Crippen LogP contribution in [0.3, 0.4) is 0 Å². The fraction of sp³-hybridized carbons (Fsp3) is 0.312. The molecule has 0 aromatic carbocycles. The molecule has 5 heteroatoms. The first-order chi connectivity index (χ1) is 10.1. The highest BCUT2D eigenvalue weighted by atomic mass is 16.2. The molecule has 0 saturated heterocycles. The van der Waals surface area contributed by atoms with Gasteiger partial charge in [-0.15, -0.1) is 0 Å². The summed E-state index contributed by atoms with van der Waals surface area (Å²) in [7, 11) is 1.92. The zero-order valence-electron chi connectivity index (χ0n) is 12.4. The Balaban J connectivity index is 1.78. The van der Waals surface area contributed by atoms with E-state index in [9.17, 15) is 4.79 Å². The third-order valence-electron chi connectivity index (χ3n) is 3.20. The lowest BCUT2D eigenvalue weighted by molar-refractivity contribution is -0.122. The summed E-state index contributed by atoms with van der Waals surface area (Å²) in [5, 5.41) is 2.93. The van der Waals surface area contributed by atoms with Crippen molar-refractivity contribution in [3.63, 3.8) is 0 Å². The number of aryl methyl sites for hydroxylation is 1. The van der Waals surface area contributed by atoms with E-state index in [-0.39, 0.29) is 5.91 Å². The highest BCUT2D eigenvalue weighted by Crippen LogP contribution is 2.04. The third-order valence-corrected chi connectivity index (χ3v) is 3.20. The number of carbonyl (C=O) groups excluding carboxylic acids is 1. The fourth-order valence-electron chi connectivity index (χ4n) is 2.05. The minimum absolute atomic E-state index is 0.0117. The fourth-order valence-corrected chi connectivity index (χ4v) is 2.05. The number of hydrogen-bond acceptors (Lipinski definition) is 4. The van der Waals surface area contributed by atoms with E-state index in [0.29, 0.717) is 19.6 Å². The van der Waals surface area contributed by atoms with Gasteiger partial charge in [0, 0.05) is 37.9 Å². The van der Waals surface area contributed by atoms with Crippen LogP contribution in [0.1, 0.15) is 16.7 Å². The van der Waals surface area contributed by atoms with Crippen LogP contribution in [0.4, 0.5) is 0 Å². The van der Waals surface area contributed by atoms with Crippen LogP contribution in [-0.4, -0.2) is 34.4 Å². The second kappa shape index (κ2) is 7.50. The van der Waals surface area contributed by atoms with E-state index < -0.39 is 0 Å². The van der Waals surface area contributed by atoms with Crippen LogP contribution in [0.5, 0.6) is 0 Å². The van der Waals surface area contributed by atoms with Gasteiger partial charge in [-0.25, -0.2) is 0 Å². The summed E-state index contributed by atoms with van der Waals surface area (Å²) >= 11 is 0. The molecule has 21 heavy (non-hydrogen) atoms. The maximum Gasteiger partial charge on any atom is 0.234 e. The van der Waals surface area contributed by atoms with Crippen LogP contribution in [0, 0.1) is 6.92 Å². The number of nitrogens with one attached hydrogen (secondary N) is 1. The van der Waals surface area contributed by atoms with Gasteiger partial charge < -0.3 is 5.32 Å². The van der Waals surface area contributed by atoms with E-state index in [4.69, 9.17) is 0 Å². The van der Waals surface area contributed by atoms with E-state index in [1.165, 1.54) is 0 Å². The summed E-state index contributed by atoms with van der Waals surface area (Å²) in [4.78, 5) is 22.0. The van der Waals surface area contributed by atoms with E-state index in [0.717, 1.165) is 16.7 Å². The standard InChI is InChI=1S/C16H20N4O/c1-13-8-18-7-5-15(13)10-19-16(21)12-20(2)11-14-4-3-6-17-9-14/h3-9H,10-12H2,1-2H3,(H,19,21). The quantitative estimate of drug-likeness (QED) is 0.874. The van der Waals surface area contributed by atoms with Crippen LogP contribution in [0.15, 0.2) is 43.0 Å². The molecular formula is C16H20N4O. The summed E-state index contributed by atoms with van der Waals surface area (Å²) in [6.07, 6.45) is 7.10. The van der Waals surface area contributed by atoms with Crippen LogP contribution in [0.2, 0.25) is 0 Å². The van der Waals surface area contributed by atoms with Gasteiger partial charge in [0.05, 0.1) is 6.54 Å². The number of rotatable bonds is 6. The molecule has 1 amide bonds. The smallest absolute Gasteiger partial charge is 0.234 e. The Morgan fingerprint density at radius 3 is 2.76 bits per heavy atom. The SMILES string of the molecule is Cc1cnccc1CNC(=O)CN(C)Cc1cccnc1. The van der Waals surface area contributed by atoms with Gasteiger partial charge in [0.15, 0.2) is 0 Å². The molecule has 2 aromatic rings. The number of likely N-dealkylation sites (N-methyl/N-ethyl adjacent to an activating group) is 1. The van der Waals surface area contributed by atoms with Crippen LogP contribution in [0.25, 0.3) is 0 Å². The molecule has 0 atom stereocenters. The molecule has 110 valence electrons. The first-order valence-electron chi connectivity index (χ1n) is 6.89. The monoisotopic (exact) mass is 284 g/mol. The molecule has 0 aliphatic rings. The van der Waals surface area contributed by atoms with Crippen molar-refractivity contribution in [3.8, 4) is 0 Å². The van der Waals surface area contributed by atoms with Gasteiger partial charge in [0.1, 0.15) is 0 Å². The Bertz CT molecular complexity index is 586. The molecule has 0 aliphatic carbocycles. The van der Waals surface area contributed by atoms with E-state index in [1.807, 2.05) is 43.3 Å². The van der Waals surface area contributed by atoms with Gasteiger partial charge in [-0.3, -0.25) is 19.7 Å². The number of nitrogens with zero attached hydrogens (tertiary/aromatic N) is 3. The van der Waals surface area contributed by atoms with Crippen LogP contribution < -0.4 is 5.32 Å². The second-order valence-electron chi connectivity index (χ2n) is 5.11. The largest absolute Gasteiger partial charge is 0.351 e. The van der Waals surface area contributed by atoms with Crippen LogP contribution in [-0.2, 0) is 17.9 Å². The number of hydrogen-bond donors (Lipinski definition) is 1.